The quantitative estimate of drug-likeness (QED) is 0.808. The van der Waals surface area contributed by atoms with E-state index in [-0.39, 0.29) is 18.3 Å². The van der Waals surface area contributed by atoms with Crippen LogP contribution in [0.2, 0.25) is 0 Å². The van der Waals surface area contributed by atoms with Crippen molar-refractivity contribution < 1.29 is 9.53 Å². The van der Waals surface area contributed by atoms with E-state index in [0.717, 1.165) is 18.8 Å². The fourth-order valence-corrected chi connectivity index (χ4v) is 2.31. The number of hydrogen-bond donors (Lipinski definition) is 0. The van der Waals surface area contributed by atoms with Gasteiger partial charge in [0.05, 0.1) is 13.1 Å². The van der Waals surface area contributed by atoms with Gasteiger partial charge in [0, 0.05) is 7.05 Å². The van der Waals surface area contributed by atoms with Crippen LogP contribution in [0, 0.1) is 6.92 Å². The van der Waals surface area contributed by atoms with E-state index >= 15 is 0 Å². The van der Waals surface area contributed by atoms with Gasteiger partial charge in [-0.05, 0) is 45.0 Å². The Bertz CT molecular complexity index is 430. The first-order chi connectivity index (χ1) is 9.65. The molecule has 5 heteroatoms. The number of benzene rings is 1. The third kappa shape index (κ3) is 5.94. The summed E-state index contributed by atoms with van der Waals surface area (Å²) in [6.45, 7) is 5.86. The highest BCUT2D eigenvalue weighted by atomic mass is 35.5. The van der Waals surface area contributed by atoms with Crippen molar-refractivity contribution in [1.82, 2.24) is 9.80 Å². The van der Waals surface area contributed by atoms with Gasteiger partial charge >= 0.3 is 0 Å². The van der Waals surface area contributed by atoms with Crippen LogP contribution >= 0.6 is 12.4 Å². The van der Waals surface area contributed by atoms with E-state index in [0.29, 0.717) is 19.7 Å². The molecule has 118 valence electrons. The number of likely N-dealkylation sites (N-methyl/N-ethyl adjacent to an activating group) is 1. The van der Waals surface area contributed by atoms with E-state index in [4.69, 9.17) is 4.74 Å². The molecule has 1 aliphatic rings. The molecule has 1 amide bonds. The molecular weight excluding hydrogens is 288 g/mol. The third-order valence-electron chi connectivity index (χ3n) is 3.70. The zero-order valence-electron chi connectivity index (χ0n) is 12.9. The van der Waals surface area contributed by atoms with Gasteiger partial charge in [0.25, 0.3) is 0 Å². The highest BCUT2D eigenvalue weighted by Crippen LogP contribution is 2.11. The Morgan fingerprint density at radius 3 is 2.48 bits per heavy atom. The van der Waals surface area contributed by atoms with Crippen molar-refractivity contribution in [2.75, 3.05) is 39.8 Å². The van der Waals surface area contributed by atoms with Gasteiger partial charge in [0.1, 0.15) is 12.4 Å². The van der Waals surface area contributed by atoms with E-state index in [9.17, 15) is 4.79 Å². The number of likely N-dealkylation sites (tertiary alicyclic amines) is 1. The van der Waals surface area contributed by atoms with Gasteiger partial charge in [0.15, 0.2) is 0 Å². The molecule has 21 heavy (non-hydrogen) atoms. The fourth-order valence-electron chi connectivity index (χ4n) is 2.31. The highest BCUT2D eigenvalue weighted by molar-refractivity contribution is 5.85. The van der Waals surface area contributed by atoms with Crippen molar-refractivity contribution >= 4 is 18.3 Å². The molecule has 1 fully saturated rings. The summed E-state index contributed by atoms with van der Waals surface area (Å²) < 4.78 is 5.64. The van der Waals surface area contributed by atoms with Crippen LogP contribution in [0.15, 0.2) is 24.3 Å². The van der Waals surface area contributed by atoms with Gasteiger partial charge in [0.2, 0.25) is 5.91 Å². The Labute approximate surface area is 133 Å². The summed E-state index contributed by atoms with van der Waals surface area (Å²) in [5, 5.41) is 0. The van der Waals surface area contributed by atoms with Crippen molar-refractivity contribution in [2.24, 2.45) is 0 Å². The zero-order chi connectivity index (χ0) is 14.4. The first-order valence-electron chi connectivity index (χ1n) is 7.31. The van der Waals surface area contributed by atoms with E-state index in [2.05, 4.69) is 11.8 Å². The fraction of sp³-hybridized carbons (Fsp3) is 0.562. The number of aryl methyl sites for hydroxylation is 1. The Morgan fingerprint density at radius 1 is 1.24 bits per heavy atom. The van der Waals surface area contributed by atoms with Gasteiger partial charge < -0.3 is 9.64 Å². The lowest BCUT2D eigenvalue weighted by Crippen LogP contribution is -2.38. The lowest BCUT2D eigenvalue weighted by atomic mass is 10.2. The number of rotatable bonds is 6. The summed E-state index contributed by atoms with van der Waals surface area (Å²) in [6, 6.07) is 7.97. The van der Waals surface area contributed by atoms with E-state index in [1.165, 1.54) is 18.4 Å². The molecule has 0 bridgehead atoms. The van der Waals surface area contributed by atoms with Crippen molar-refractivity contribution in [3.63, 3.8) is 0 Å². The van der Waals surface area contributed by atoms with E-state index < -0.39 is 0 Å². The Balaban J connectivity index is 0.00000220. The van der Waals surface area contributed by atoms with Crippen molar-refractivity contribution in [1.29, 1.82) is 0 Å². The summed E-state index contributed by atoms with van der Waals surface area (Å²) >= 11 is 0. The van der Waals surface area contributed by atoms with Gasteiger partial charge in [-0.3, -0.25) is 9.69 Å². The van der Waals surface area contributed by atoms with Crippen LogP contribution in [-0.4, -0.2) is 55.5 Å². The van der Waals surface area contributed by atoms with Crippen LogP contribution in [-0.2, 0) is 4.79 Å². The first-order valence-corrected chi connectivity index (χ1v) is 7.31. The number of nitrogens with zero attached hydrogens (tertiary/aromatic N) is 2. The second-order valence-corrected chi connectivity index (χ2v) is 5.46. The third-order valence-corrected chi connectivity index (χ3v) is 3.70. The number of ether oxygens (including phenoxy) is 1. The molecule has 1 aromatic rings. The van der Waals surface area contributed by atoms with Crippen LogP contribution in [0.1, 0.15) is 18.4 Å². The molecule has 2 rings (SSSR count). The van der Waals surface area contributed by atoms with Crippen molar-refractivity contribution in [3.05, 3.63) is 29.8 Å². The van der Waals surface area contributed by atoms with E-state index in [1.807, 2.05) is 31.3 Å². The first kappa shape index (κ1) is 17.8. The van der Waals surface area contributed by atoms with Gasteiger partial charge in [-0.2, -0.15) is 0 Å². The molecule has 0 unspecified atom stereocenters. The minimum atomic E-state index is 0. The molecule has 1 aliphatic heterocycles. The maximum atomic E-state index is 12.0. The van der Waals surface area contributed by atoms with Gasteiger partial charge in [-0.15, -0.1) is 12.4 Å². The summed E-state index contributed by atoms with van der Waals surface area (Å²) in [7, 11) is 1.84. The second-order valence-electron chi connectivity index (χ2n) is 5.46. The Morgan fingerprint density at radius 2 is 1.86 bits per heavy atom. The topological polar surface area (TPSA) is 32.8 Å². The average Bonchev–Trinajstić information content (AvgIpc) is 2.93. The molecule has 4 nitrogen and oxygen atoms in total. The lowest BCUT2D eigenvalue weighted by molar-refractivity contribution is -0.131. The molecule has 0 spiro atoms. The minimum absolute atomic E-state index is 0. The monoisotopic (exact) mass is 312 g/mol. The second kappa shape index (κ2) is 8.90. The maximum absolute atomic E-state index is 12.0. The number of amides is 1. The lowest BCUT2D eigenvalue weighted by Gasteiger charge is -2.21. The van der Waals surface area contributed by atoms with E-state index in [1.54, 1.807) is 4.90 Å². The Kier molecular flexibility index (Phi) is 7.54. The number of carbonyl (C=O) groups is 1. The van der Waals surface area contributed by atoms with Crippen LogP contribution in [0.3, 0.4) is 0 Å². The molecule has 0 atom stereocenters. The molecule has 0 saturated carbocycles. The van der Waals surface area contributed by atoms with Crippen molar-refractivity contribution in [2.45, 2.75) is 19.8 Å². The smallest absolute Gasteiger partial charge is 0.236 e. The summed E-state index contributed by atoms with van der Waals surface area (Å²) in [4.78, 5) is 16.0. The predicted molar refractivity (Wildman–Crippen MR) is 87.2 cm³/mol. The predicted octanol–water partition coefficient (Wildman–Crippen LogP) is 2.35. The maximum Gasteiger partial charge on any atom is 0.236 e. The normalized spacial score (nSPS) is 14.6. The molecule has 0 aromatic heterocycles. The van der Waals surface area contributed by atoms with Gasteiger partial charge in [-0.25, -0.2) is 0 Å². The zero-order valence-corrected chi connectivity index (χ0v) is 13.7. The van der Waals surface area contributed by atoms with Crippen LogP contribution < -0.4 is 4.74 Å². The van der Waals surface area contributed by atoms with Crippen LogP contribution in [0.5, 0.6) is 5.75 Å². The number of halogens is 1. The molecule has 0 radical (unpaired) electrons. The summed E-state index contributed by atoms with van der Waals surface area (Å²) in [5.74, 6) is 1.04. The molecule has 0 aliphatic carbocycles. The average molecular weight is 313 g/mol. The summed E-state index contributed by atoms with van der Waals surface area (Å²) in [5.41, 5.74) is 1.22. The number of hydrogen-bond acceptors (Lipinski definition) is 3. The molecule has 1 saturated heterocycles. The van der Waals surface area contributed by atoms with Gasteiger partial charge in [-0.1, -0.05) is 17.7 Å². The largest absolute Gasteiger partial charge is 0.492 e. The standard InChI is InChI=1S/C16H24N2O2.ClH/c1-14-5-7-15(8-6-14)20-12-11-17(2)16(19)13-18-9-3-4-10-18;/h5-8H,3-4,9-13H2,1-2H3;1H. The molecule has 1 aromatic carbocycles. The summed E-state index contributed by atoms with van der Waals surface area (Å²) in [6.07, 6.45) is 2.43. The molecule has 0 N–H and O–H groups in total. The molecule has 1 heterocycles. The van der Waals surface area contributed by atoms with Crippen LogP contribution in [0.25, 0.3) is 0 Å². The SMILES string of the molecule is Cc1ccc(OCCN(C)C(=O)CN2CCCC2)cc1.Cl. The van der Waals surface area contributed by atoms with Crippen LogP contribution in [0.4, 0.5) is 0 Å². The molecular formula is C16H25ClN2O2. The van der Waals surface area contributed by atoms with Crippen molar-refractivity contribution in [3.8, 4) is 5.75 Å². The highest BCUT2D eigenvalue weighted by Gasteiger charge is 2.17. The minimum Gasteiger partial charge on any atom is -0.492 e. The number of carbonyl (C=O) groups excluding carboxylic acids is 1. The Hall–Kier alpha value is -1.26.